The summed E-state index contributed by atoms with van der Waals surface area (Å²) in [7, 11) is 0. The SMILES string of the molecule is Cc1ccc(N2C[C@@H](NC(=O)NC[C@H](C)O)CC2=O)cc1. The second kappa shape index (κ2) is 6.58. The van der Waals surface area contributed by atoms with Crippen molar-refractivity contribution in [1.82, 2.24) is 10.6 Å². The normalized spacial score (nSPS) is 19.5. The fourth-order valence-electron chi connectivity index (χ4n) is 2.26. The number of aliphatic hydroxyl groups is 1. The largest absolute Gasteiger partial charge is 0.392 e. The van der Waals surface area contributed by atoms with Gasteiger partial charge in [-0.05, 0) is 26.0 Å². The lowest BCUT2D eigenvalue weighted by Gasteiger charge is -2.17. The maximum Gasteiger partial charge on any atom is 0.315 e. The summed E-state index contributed by atoms with van der Waals surface area (Å²) in [5.41, 5.74) is 1.98. The number of rotatable bonds is 4. The lowest BCUT2D eigenvalue weighted by molar-refractivity contribution is -0.117. The Bertz CT molecular complexity index is 513. The lowest BCUT2D eigenvalue weighted by Crippen LogP contribution is -2.45. The van der Waals surface area contributed by atoms with E-state index in [1.165, 1.54) is 0 Å². The standard InChI is InChI=1S/C15H21N3O3/c1-10-3-5-13(6-4-10)18-9-12(7-14(18)20)17-15(21)16-8-11(2)19/h3-6,11-12,19H,7-9H2,1-2H3,(H2,16,17,21)/t11-,12-/m0/s1. The predicted octanol–water partition coefficient (Wildman–Crippen LogP) is 0.780. The van der Waals surface area contributed by atoms with Crippen LogP contribution in [-0.4, -0.2) is 42.3 Å². The molecule has 1 saturated heterocycles. The smallest absolute Gasteiger partial charge is 0.315 e. The highest BCUT2D eigenvalue weighted by Gasteiger charge is 2.31. The van der Waals surface area contributed by atoms with E-state index in [1.807, 2.05) is 31.2 Å². The molecule has 21 heavy (non-hydrogen) atoms. The van der Waals surface area contributed by atoms with Crippen LogP contribution < -0.4 is 15.5 Å². The van der Waals surface area contributed by atoms with Crippen molar-refractivity contribution < 1.29 is 14.7 Å². The zero-order valence-corrected chi connectivity index (χ0v) is 12.3. The van der Waals surface area contributed by atoms with Gasteiger partial charge in [-0.3, -0.25) is 4.79 Å². The monoisotopic (exact) mass is 291 g/mol. The Balaban J connectivity index is 1.90. The summed E-state index contributed by atoms with van der Waals surface area (Å²) in [5, 5.41) is 14.4. The first-order valence-corrected chi connectivity index (χ1v) is 7.05. The first-order chi connectivity index (χ1) is 9.95. The van der Waals surface area contributed by atoms with E-state index in [0.29, 0.717) is 6.54 Å². The molecule has 1 heterocycles. The van der Waals surface area contributed by atoms with Crippen molar-refractivity contribution in [1.29, 1.82) is 0 Å². The van der Waals surface area contributed by atoms with Gasteiger partial charge in [0.1, 0.15) is 0 Å². The summed E-state index contributed by atoms with van der Waals surface area (Å²) < 4.78 is 0. The minimum atomic E-state index is -0.593. The molecule has 2 rings (SSSR count). The van der Waals surface area contributed by atoms with E-state index < -0.39 is 6.10 Å². The van der Waals surface area contributed by atoms with Gasteiger partial charge in [-0.25, -0.2) is 4.79 Å². The van der Waals surface area contributed by atoms with Crippen molar-refractivity contribution in [3.05, 3.63) is 29.8 Å². The van der Waals surface area contributed by atoms with Gasteiger partial charge < -0.3 is 20.6 Å². The van der Waals surface area contributed by atoms with E-state index in [0.717, 1.165) is 11.3 Å². The highest BCUT2D eigenvalue weighted by Crippen LogP contribution is 2.21. The highest BCUT2D eigenvalue weighted by molar-refractivity contribution is 5.96. The van der Waals surface area contributed by atoms with E-state index in [-0.39, 0.29) is 30.9 Å². The molecule has 0 unspecified atom stereocenters. The van der Waals surface area contributed by atoms with Gasteiger partial charge in [0.25, 0.3) is 0 Å². The van der Waals surface area contributed by atoms with E-state index in [4.69, 9.17) is 5.11 Å². The van der Waals surface area contributed by atoms with Gasteiger partial charge in [-0.1, -0.05) is 17.7 Å². The summed E-state index contributed by atoms with van der Waals surface area (Å²) in [5.74, 6) is -0.000297. The van der Waals surface area contributed by atoms with Gasteiger partial charge in [0.05, 0.1) is 12.1 Å². The molecule has 1 aliphatic rings. The molecule has 0 aromatic heterocycles. The Hall–Kier alpha value is -2.08. The van der Waals surface area contributed by atoms with Crippen molar-refractivity contribution >= 4 is 17.6 Å². The van der Waals surface area contributed by atoms with E-state index in [9.17, 15) is 9.59 Å². The summed E-state index contributed by atoms with van der Waals surface area (Å²) in [6.45, 7) is 4.24. The third-order valence-electron chi connectivity index (χ3n) is 3.36. The maximum atomic E-state index is 12.0. The fraction of sp³-hybridized carbons (Fsp3) is 0.467. The van der Waals surface area contributed by atoms with Crippen LogP contribution in [0.4, 0.5) is 10.5 Å². The molecular formula is C15H21N3O3. The van der Waals surface area contributed by atoms with Crippen LogP contribution in [0.2, 0.25) is 0 Å². The van der Waals surface area contributed by atoms with Gasteiger partial charge in [-0.2, -0.15) is 0 Å². The molecule has 1 fully saturated rings. The van der Waals surface area contributed by atoms with Crippen molar-refractivity contribution in [2.24, 2.45) is 0 Å². The molecule has 3 N–H and O–H groups in total. The van der Waals surface area contributed by atoms with Crippen LogP contribution in [0.5, 0.6) is 0 Å². The first kappa shape index (κ1) is 15.3. The Morgan fingerprint density at radius 3 is 2.71 bits per heavy atom. The maximum absolute atomic E-state index is 12.0. The number of carbonyl (C=O) groups excluding carboxylic acids is 2. The van der Waals surface area contributed by atoms with Crippen molar-refractivity contribution in [3.8, 4) is 0 Å². The van der Waals surface area contributed by atoms with Crippen LogP contribution in [0.15, 0.2) is 24.3 Å². The van der Waals surface area contributed by atoms with Gasteiger partial charge in [-0.15, -0.1) is 0 Å². The van der Waals surface area contributed by atoms with Crippen LogP contribution in [0, 0.1) is 6.92 Å². The van der Waals surface area contributed by atoms with E-state index in [2.05, 4.69) is 10.6 Å². The number of amides is 3. The highest BCUT2D eigenvalue weighted by atomic mass is 16.3. The molecule has 0 saturated carbocycles. The molecular weight excluding hydrogens is 270 g/mol. The molecule has 0 aliphatic carbocycles. The molecule has 0 bridgehead atoms. The number of aryl methyl sites for hydroxylation is 1. The van der Waals surface area contributed by atoms with Crippen LogP contribution >= 0.6 is 0 Å². The van der Waals surface area contributed by atoms with Crippen LogP contribution in [-0.2, 0) is 4.79 Å². The predicted molar refractivity (Wildman–Crippen MR) is 80.2 cm³/mol. The summed E-state index contributed by atoms with van der Waals surface area (Å²) >= 11 is 0. The second-order valence-corrected chi connectivity index (χ2v) is 5.44. The lowest BCUT2D eigenvalue weighted by atomic mass is 10.2. The average Bonchev–Trinajstić information content (AvgIpc) is 2.78. The van der Waals surface area contributed by atoms with Crippen molar-refractivity contribution in [2.75, 3.05) is 18.0 Å². The Morgan fingerprint density at radius 2 is 2.10 bits per heavy atom. The van der Waals surface area contributed by atoms with E-state index >= 15 is 0 Å². The van der Waals surface area contributed by atoms with Gasteiger partial charge in [0, 0.05) is 25.2 Å². The molecule has 0 radical (unpaired) electrons. The molecule has 0 spiro atoms. The molecule has 1 aromatic rings. The van der Waals surface area contributed by atoms with Gasteiger partial charge in [0.2, 0.25) is 5.91 Å². The van der Waals surface area contributed by atoms with Crippen LogP contribution in [0.25, 0.3) is 0 Å². The number of hydrogen-bond acceptors (Lipinski definition) is 3. The van der Waals surface area contributed by atoms with Gasteiger partial charge in [0.15, 0.2) is 0 Å². The molecule has 1 aliphatic heterocycles. The van der Waals surface area contributed by atoms with Crippen molar-refractivity contribution in [3.63, 3.8) is 0 Å². The number of nitrogens with one attached hydrogen (secondary N) is 2. The number of hydrogen-bond donors (Lipinski definition) is 3. The topological polar surface area (TPSA) is 81.7 Å². The van der Waals surface area contributed by atoms with Gasteiger partial charge >= 0.3 is 6.03 Å². The summed E-state index contributed by atoms with van der Waals surface area (Å²) in [6.07, 6.45) is -0.305. The number of anilines is 1. The number of carbonyl (C=O) groups is 2. The Kier molecular flexibility index (Phi) is 4.80. The molecule has 2 atom stereocenters. The van der Waals surface area contributed by atoms with Crippen LogP contribution in [0.1, 0.15) is 18.9 Å². The quantitative estimate of drug-likeness (QED) is 0.767. The molecule has 6 nitrogen and oxygen atoms in total. The molecule has 3 amide bonds. The Morgan fingerprint density at radius 1 is 1.43 bits per heavy atom. The molecule has 114 valence electrons. The number of aliphatic hydroxyl groups excluding tert-OH is 1. The van der Waals surface area contributed by atoms with E-state index in [1.54, 1.807) is 11.8 Å². The number of benzene rings is 1. The molecule has 1 aromatic carbocycles. The zero-order chi connectivity index (χ0) is 15.4. The minimum absolute atomic E-state index is 0.000297. The van der Waals surface area contributed by atoms with Crippen LogP contribution in [0.3, 0.4) is 0 Å². The number of urea groups is 1. The fourth-order valence-corrected chi connectivity index (χ4v) is 2.26. The summed E-state index contributed by atoms with van der Waals surface area (Å²) in [4.78, 5) is 25.3. The first-order valence-electron chi connectivity index (χ1n) is 7.05. The molecule has 6 heteroatoms. The Labute approximate surface area is 124 Å². The number of nitrogens with zero attached hydrogens (tertiary/aromatic N) is 1. The average molecular weight is 291 g/mol. The second-order valence-electron chi connectivity index (χ2n) is 5.44. The summed E-state index contributed by atoms with van der Waals surface area (Å²) in [6, 6.07) is 7.15. The minimum Gasteiger partial charge on any atom is -0.392 e. The zero-order valence-electron chi connectivity index (χ0n) is 12.3. The van der Waals surface area contributed by atoms with Crippen molar-refractivity contribution in [2.45, 2.75) is 32.4 Å². The third kappa shape index (κ3) is 4.19. The third-order valence-corrected chi connectivity index (χ3v) is 3.36.